The fourth-order valence-corrected chi connectivity index (χ4v) is 1.50. The predicted octanol–water partition coefficient (Wildman–Crippen LogP) is 0.855. The van der Waals surface area contributed by atoms with E-state index >= 15 is 0 Å². The number of hydrogen-bond donors (Lipinski definition) is 2. The molecule has 1 saturated heterocycles. The zero-order chi connectivity index (χ0) is 12.0. The highest BCUT2D eigenvalue weighted by Crippen LogP contribution is 2.14. The normalized spacial score (nSPS) is 20.5. The lowest BCUT2D eigenvalue weighted by molar-refractivity contribution is -0.175. The zero-order valence-electron chi connectivity index (χ0n) is 9.18. The molecule has 1 heterocycles. The Bertz CT molecular complexity index is 233. The number of nitrogens with one attached hydrogen (secondary N) is 2. The van der Waals surface area contributed by atoms with Gasteiger partial charge in [0, 0.05) is 12.6 Å². The standard InChI is InChI=1S/C9H15F3N2O2.ClH/c10-9(11,12)6-16-5-8(15)14-7-2-1-3-13-4-7;/h7,13H,1-6H2,(H,14,15);1H/t7-;/m0./s1. The van der Waals surface area contributed by atoms with E-state index < -0.39 is 25.3 Å². The van der Waals surface area contributed by atoms with Crippen molar-refractivity contribution in [2.24, 2.45) is 0 Å². The second kappa shape index (κ2) is 7.73. The van der Waals surface area contributed by atoms with Gasteiger partial charge < -0.3 is 15.4 Å². The number of alkyl halides is 3. The van der Waals surface area contributed by atoms with Gasteiger partial charge in [0.05, 0.1) is 0 Å². The van der Waals surface area contributed by atoms with Crippen molar-refractivity contribution >= 4 is 18.3 Å². The van der Waals surface area contributed by atoms with E-state index in [-0.39, 0.29) is 18.4 Å². The molecule has 0 aromatic carbocycles. The van der Waals surface area contributed by atoms with Crippen molar-refractivity contribution in [1.29, 1.82) is 0 Å². The van der Waals surface area contributed by atoms with Crippen molar-refractivity contribution in [2.75, 3.05) is 26.3 Å². The van der Waals surface area contributed by atoms with Crippen LogP contribution in [0.15, 0.2) is 0 Å². The molecule has 0 aromatic heterocycles. The van der Waals surface area contributed by atoms with Gasteiger partial charge in [0.1, 0.15) is 13.2 Å². The molecule has 4 nitrogen and oxygen atoms in total. The molecule has 1 fully saturated rings. The maximum absolute atomic E-state index is 11.7. The molecule has 1 aliphatic rings. The molecule has 0 bridgehead atoms. The van der Waals surface area contributed by atoms with E-state index in [9.17, 15) is 18.0 Å². The van der Waals surface area contributed by atoms with Crippen molar-refractivity contribution in [2.45, 2.75) is 25.1 Å². The van der Waals surface area contributed by atoms with Crippen LogP contribution in [0.1, 0.15) is 12.8 Å². The number of hydrogen-bond acceptors (Lipinski definition) is 3. The second-order valence-corrected chi connectivity index (χ2v) is 3.72. The lowest BCUT2D eigenvalue weighted by atomic mass is 10.1. The van der Waals surface area contributed by atoms with Gasteiger partial charge in [-0.3, -0.25) is 4.79 Å². The maximum atomic E-state index is 11.7. The lowest BCUT2D eigenvalue weighted by Crippen LogP contribution is -2.46. The molecule has 17 heavy (non-hydrogen) atoms. The van der Waals surface area contributed by atoms with E-state index in [1.807, 2.05) is 0 Å². The van der Waals surface area contributed by atoms with Crippen LogP contribution in [-0.4, -0.2) is 44.4 Å². The molecule has 102 valence electrons. The average Bonchev–Trinajstić information content (AvgIpc) is 2.17. The fourth-order valence-electron chi connectivity index (χ4n) is 1.50. The van der Waals surface area contributed by atoms with E-state index in [0.29, 0.717) is 6.54 Å². The summed E-state index contributed by atoms with van der Waals surface area (Å²) in [5.74, 6) is -0.502. The molecule has 0 aromatic rings. The molecule has 0 saturated carbocycles. The number of carbonyl (C=O) groups excluding carboxylic acids is 1. The first-order chi connectivity index (χ1) is 7.47. The molecule has 1 rings (SSSR count). The van der Waals surface area contributed by atoms with Crippen LogP contribution < -0.4 is 10.6 Å². The molecule has 1 amide bonds. The molecular weight excluding hydrogens is 261 g/mol. The van der Waals surface area contributed by atoms with Crippen LogP contribution in [-0.2, 0) is 9.53 Å². The average molecular weight is 277 g/mol. The minimum absolute atomic E-state index is 0. The smallest absolute Gasteiger partial charge is 0.362 e. The van der Waals surface area contributed by atoms with Crippen molar-refractivity contribution in [3.8, 4) is 0 Å². The summed E-state index contributed by atoms with van der Waals surface area (Å²) in [7, 11) is 0. The summed E-state index contributed by atoms with van der Waals surface area (Å²) in [5, 5.41) is 5.70. The first-order valence-corrected chi connectivity index (χ1v) is 5.12. The van der Waals surface area contributed by atoms with Crippen LogP contribution in [0.5, 0.6) is 0 Å². The van der Waals surface area contributed by atoms with Gasteiger partial charge >= 0.3 is 6.18 Å². The summed E-state index contributed by atoms with van der Waals surface area (Å²) in [4.78, 5) is 11.2. The Kier molecular flexibility index (Phi) is 7.49. The Balaban J connectivity index is 0.00000256. The van der Waals surface area contributed by atoms with Gasteiger partial charge in [-0.2, -0.15) is 13.2 Å². The monoisotopic (exact) mass is 276 g/mol. The number of rotatable bonds is 4. The largest absolute Gasteiger partial charge is 0.411 e. The van der Waals surface area contributed by atoms with E-state index in [4.69, 9.17) is 0 Å². The highest BCUT2D eigenvalue weighted by molar-refractivity contribution is 5.85. The minimum Gasteiger partial charge on any atom is -0.362 e. The molecule has 0 spiro atoms. The number of piperidine rings is 1. The molecule has 1 aliphatic heterocycles. The van der Waals surface area contributed by atoms with Gasteiger partial charge in [0.2, 0.25) is 5.91 Å². The Hall–Kier alpha value is -0.530. The highest BCUT2D eigenvalue weighted by atomic mass is 35.5. The van der Waals surface area contributed by atoms with Gasteiger partial charge in [-0.25, -0.2) is 0 Å². The summed E-state index contributed by atoms with van der Waals surface area (Å²) in [6.45, 7) is -0.360. The lowest BCUT2D eigenvalue weighted by Gasteiger charge is -2.23. The van der Waals surface area contributed by atoms with Crippen molar-refractivity contribution in [3.05, 3.63) is 0 Å². The third-order valence-corrected chi connectivity index (χ3v) is 2.16. The van der Waals surface area contributed by atoms with E-state index in [2.05, 4.69) is 15.4 Å². The van der Waals surface area contributed by atoms with Gasteiger partial charge in [-0.15, -0.1) is 12.4 Å². The molecule has 0 unspecified atom stereocenters. The van der Waals surface area contributed by atoms with E-state index in [1.165, 1.54) is 0 Å². The van der Waals surface area contributed by atoms with Crippen LogP contribution in [0.2, 0.25) is 0 Å². The van der Waals surface area contributed by atoms with Crippen molar-refractivity contribution in [3.63, 3.8) is 0 Å². The molecule has 1 atom stereocenters. The maximum Gasteiger partial charge on any atom is 0.411 e. The van der Waals surface area contributed by atoms with Gasteiger partial charge in [-0.1, -0.05) is 0 Å². The highest BCUT2D eigenvalue weighted by Gasteiger charge is 2.28. The third-order valence-electron chi connectivity index (χ3n) is 2.16. The number of halogens is 4. The third kappa shape index (κ3) is 8.23. The first-order valence-electron chi connectivity index (χ1n) is 5.12. The van der Waals surface area contributed by atoms with E-state index in [1.54, 1.807) is 0 Å². The van der Waals surface area contributed by atoms with E-state index in [0.717, 1.165) is 19.4 Å². The summed E-state index contributed by atoms with van der Waals surface area (Å²) in [6.07, 6.45) is -2.58. The van der Waals surface area contributed by atoms with Crippen molar-refractivity contribution < 1.29 is 22.7 Å². The molecule has 0 aliphatic carbocycles. The van der Waals surface area contributed by atoms with Gasteiger partial charge in [-0.05, 0) is 19.4 Å². The second-order valence-electron chi connectivity index (χ2n) is 3.72. The summed E-state index contributed by atoms with van der Waals surface area (Å²) >= 11 is 0. The van der Waals surface area contributed by atoms with Crippen LogP contribution in [0, 0.1) is 0 Å². The Morgan fingerprint density at radius 2 is 2.18 bits per heavy atom. The summed E-state index contributed by atoms with van der Waals surface area (Å²) < 4.78 is 39.3. The predicted molar refractivity (Wildman–Crippen MR) is 58.2 cm³/mol. The summed E-state index contributed by atoms with van der Waals surface area (Å²) in [5.41, 5.74) is 0. The van der Waals surface area contributed by atoms with Gasteiger partial charge in [0.15, 0.2) is 0 Å². The molecule has 2 N–H and O–H groups in total. The van der Waals surface area contributed by atoms with Crippen LogP contribution in [0.4, 0.5) is 13.2 Å². The van der Waals surface area contributed by atoms with Crippen LogP contribution >= 0.6 is 12.4 Å². The number of ether oxygens (including phenoxy) is 1. The fraction of sp³-hybridized carbons (Fsp3) is 0.889. The van der Waals surface area contributed by atoms with Crippen molar-refractivity contribution in [1.82, 2.24) is 10.6 Å². The number of carbonyl (C=O) groups is 1. The minimum atomic E-state index is -4.38. The Morgan fingerprint density at radius 3 is 2.71 bits per heavy atom. The topological polar surface area (TPSA) is 50.4 Å². The Labute approximate surface area is 104 Å². The van der Waals surface area contributed by atoms with Gasteiger partial charge in [0.25, 0.3) is 0 Å². The van der Waals surface area contributed by atoms with Crippen LogP contribution in [0.3, 0.4) is 0 Å². The molecule has 8 heteroatoms. The summed E-state index contributed by atoms with van der Waals surface area (Å²) in [6, 6.07) is -0.00395. The molecule has 0 radical (unpaired) electrons. The quantitative estimate of drug-likeness (QED) is 0.801. The number of amides is 1. The first kappa shape index (κ1) is 16.5. The van der Waals surface area contributed by atoms with Crippen LogP contribution in [0.25, 0.3) is 0 Å². The zero-order valence-corrected chi connectivity index (χ0v) is 10.00. The Morgan fingerprint density at radius 1 is 1.47 bits per heavy atom. The molecular formula is C9H16ClF3N2O2. The SMILES string of the molecule is Cl.O=C(COCC(F)(F)F)N[C@H]1CCCNC1.